The van der Waals surface area contributed by atoms with Crippen molar-refractivity contribution in [2.24, 2.45) is 5.16 Å². The summed E-state index contributed by atoms with van der Waals surface area (Å²) in [7, 11) is 0. The van der Waals surface area contributed by atoms with Gasteiger partial charge in [0.05, 0.1) is 11.9 Å². The average Bonchev–Trinajstić information content (AvgIpc) is 1.85. The molecule has 5 heteroatoms. The van der Waals surface area contributed by atoms with Gasteiger partial charge in [-0.25, -0.2) is 9.97 Å². The van der Waals surface area contributed by atoms with E-state index in [2.05, 4.69) is 15.1 Å². The second-order valence-corrected chi connectivity index (χ2v) is 2.29. The number of oxime groups is 1. The Labute approximate surface area is 68.5 Å². The first kappa shape index (κ1) is 7.94. The maximum absolute atomic E-state index is 8.17. The highest BCUT2D eigenvalue weighted by Crippen LogP contribution is 2.02. The Bertz CT molecular complexity index is 267. The molecule has 58 valence electrons. The number of nitrogens with zero attached hydrogens (tertiary/aromatic N) is 3. The monoisotopic (exact) mass is 171 g/mol. The molecule has 0 aliphatic carbocycles. The SMILES string of the molecule is Cc1cc(/C=N\O)nc(Cl)n1. The van der Waals surface area contributed by atoms with Crippen LogP contribution in [0.4, 0.5) is 0 Å². The smallest absolute Gasteiger partial charge is 0.223 e. The van der Waals surface area contributed by atoms with Gasteiger partial charge in [0.2, 0.25) is 5.28 Å². The van der Waals surface area contributed by atoms with E-state index in [0.29, 0.717) is 5.69 Å². The summed E-state index contributed by atoms with van der Waals surface area (Å²) in [6.07, 6.45) is 1.20. The molecule has 1 N–H and O–H groups in total. The summed E-state index contributed by atoms with van der Waals surface area (Å²) in [6.45, 7) is 1.78. The molecule has 11 heavy (non-hydrogen) atoms. The minimum Gasteiger partial charge on any atom is -0.411 e. The van der Waals surface area contributed by atoms with Gasteiger partial charge in [0.25, 0.3) is 0 Å². The van der Waals surface area contributed by atoms with Crippen LogP contribution in [-0.4, -0.2) is 21.4 Å². The number of hydrogen-bond donors (Lipinski definition) is 1. The zero-order chi connectivity index (χ0) is 8.27. The Hall–Kier alpha value is -1.16. The molecule has 0 aliphatic heterocycles. The lowest BCUT2D eigenvalue weighted by Crippen LogP contribution is -1.93. The largest absolute Gasteiger partial charge is 0.411 e. The molecule has 0 fully saturated rings. The number of rotatable bonds is 1. The third-order valence-corrected chi connectivity index (χ3v) is 1.21. The van der Waals surface area contributed by atoms with Crippen LogP contribution < -0.4 is 0 Å². The molecule has 0 aromatic carbocycles. The second-order valence-electron chi connectivity index (χ2n) is 1.95. The van der Waals surface area contributed by atoms with E-state index in [1.807, 2.05) is 0 Å². The molecule has 0 saturated heterocycles. The van der Waals surface area contributed by atoms with E-state index in [1.165, 1.54) is 6.21 Å². The molecule has 0 amide bonds. The maximum Gasteiger partial charge on any atom is 0.223 e. The third-order valence-electron chi connectivity index (χ3n) is 1.04. The highest BCUT2D eigenvalue weighted by Gasteiger charge is 1.96. The van der Waals surface area contributed by atoms with Crippen LogP contribution in [0.25, 0.3) is 0 Å². The Morgan fingerprint density at radius 2 is 2.36 bits per heavy atom. The molecule has 1 heterocycles. The van der Waals surface area contributed by atoms with Gasteiger partial charge in [-0.05, 0) is 24.6 Å². The van der Waals surface area contributed by atoms with Crippen molar-refractivity contribution < 1.29 is 5.21 Å². The van der Waals surface area contributed by atoms with Crippen molar-refractivity contribution in [3.63, 3.8) is 0 Å². The standard InChI is InChI=1S/C6H6ClN3O/c1-4-2-5(3-8-11)10-6(7)9-4/h2-3,11H,1H3/b8-3-. The van der Waals surface area contributed by atoms with E-state index >= 15 is 0 Å². The van der Waals surface area contributed by atoms with E-state index in [4.69, 9.17) is 16.8 Å². The molecular weight excluding hydrogens is 166 g/mol. The summed E-state index contributed by atoms with van der Waals surface area (Å²) in [5, 5.41) is 11.1. The Morgan fingerprint density at radius 3 is 2.91 bits per heavy atom. The molecular formula is C6H6ClN3O. The molecule has 0 bridgehead atoms. The van der Waals surface area contributed by atoms with Crippen molar-refractivity contribution in [1.29, 1.82) is 0 Å². The van der Waals surface area contributed by atoms with E-state index in [-0.39, 0.29) is 5.28 Å². The molecule has 0 saturated carbocycles. The number of halogens is 1. The van der Waals surface area contributed by atoms with Crippen LogP contribution in [0, 0.1) is 6.92 Å². The second kappa shape index (κ2) is 3.30. The van der Waals surface area contributed by atoms with E-state index in [9.17, 15) is 0 Å². The first-order chi connectivity index (χ1) is 5.22. The molecule has 4 nitrogen and oxygen atoms in total. The predicted octanol–water partition coefficient (Wildman–Crippen LogP) is 1.25. The quantitative estimate of drug-likeness (QED) is 0.299. The Morgan fingerprint density at radius 1 is 1.64 bits per heavy atom. The Balaban J connectivity index is 3.08. The number of aromatic nitrogens is 2. The number of hydrogen-bond acceptors (Lipinski definition) is 4. The maximum atomic E-state index is 8.17. The normalized spacial score (nSPS) is 10.7. The van der Waals surface area contributed by atoms with Gasteiger partial charge in [-0.2, -0.15) is 0 Å². The summed E-state index contributed by atoms with van der Waals surface area (Å²) in [6, 6.07) is 1.66. The first-order valence-electron chi connectivity index (χ1n) is 2.91. The van der Waals surface area contributed by atoms with Crippen molar-refractivity contribution in [1.82, 2.24) is 9.97 Å². The van der Waals surface area contributed by atoms with E-state index < -0.39 is 0 Å². The molecule has 1 aromatic rings. The molecule has 0 radical (unpaired) electrons. The van der Waals surface area contributed by atoms with Crippen molar-refractivity contribution in [2.75, 3.05) is 0 Å². The third kappa shape index (κ3) is 2.16. The van der Waals surface area contributed by atoms with Crippen LogP contribution >= 0.6 is 11.6 Å². The minimum absolute atomic E-state index is 0.153. The lowest BCUT2D eigenvalue weighted by Gasteiger charge is -1.94. The topological polar surface area (TPSA) is 58.4 Å². The predicted molar refractivity (Wildman–Crippen MR) is 41.2 cm³/mol. The van der Waals surface area contributed by atoms with Gasteiger partial charge in [0.1, 0.15) is 0 Å². The molecule has 0 unspecified atom stereocenters. The summed E-state index contributed by atoms with van der Waals surface area (Å²) >= 11 is 5.52. The van der Waals surface area contributed by atoms with Crippen LogP contribution in [0.3, 0.4) is 0 Å². The van der Waals surface area contributed by atoms with Gasteiger partial charge < -0.3 is 5.21 Å². The van der Waals surface area contributed by atoms with Crippen LogP contribution in [0.5, 0.6) is 0 Å². The van der Waals surface area contributed by atoms with Gasteiger partial charge in [-0.15, -0.1) is 0 Å². The molecule has 1 aromatic heterocycles. The molecule has 0 spiro atoms. The summed E-state index contributed by atoms with van der Waals surface area (Å²) < 4.78 is 0. The van der Waals surface area contributed by atoms with Gasteiger partial charge in [-0.3, -0.25) is 0 Å². The van der Waals surface area contributed by atoms with Gasteiger partial charge >= 0.3 is 0 Å². The fourth-order valence-electron chi connectivity index (χ4n) is 0.681. The lowest BCUT2D eigenvalue weighted by atomic mass is 10.3. The van der Waals surface area contributed by atoms with Gasteiger partial charge in [-0.1, -0.05) is 5.16 Å². The first-order valence-corrected chi connectivity index (χ1v) is 3.29. The van der Waals surface area contributed by atoms with Crippen molar-refractivity contribution in [3.05, 3.63) is 22.7 Å². The summed E-state index contributed by atoms with van der Waals surface area (Å²) in [5.41, 5.74) is 1.23. The fourth-order valence-corrected chi connectivity index (χ4v) is 0.912. The van der Waals surface area contributed by atoms with Crippen LogP contribution in [0.1, 0.15) is 11.4 Å². The lowest BCUT2D eigenvalue weighted by molar-refractivity contribution is 0.321. The highest BCUT2D eigenvalue weighted by atomic mass is 35.5. The van der Waals surface area contributed by atoms with E-state index in [0.717, 1.165) is 5.69 Å². The van der Waals surface area contributed by atoms with Crippen LogP contribution in [-0.2, 0) is 0 Å². The van der Waals surface area contributed by atoms with Crippen LogP contribution in [0.2, 0.25) is 5.28 Å². The molecule has 0 atom stereocenters. The van der Waals surface area contributed by atoms with Crippen molar-refractivity contribution in [3.8, 4) is 0 Å². The van der Waals surface area contributed by atoms with Gasteiger partial charge in [0, 0.05) is 5.69 Å². The van der Waals surface area contributed by atoms with Gasteiger partial charge in [0.15, 0.2) is 0 Å². The average molecular weight is 172 g/mol. The number of aryl methyl sites for hydroxylation is 1. The Kier molecular flexibility index (Phi) is 2.38. The van der Waals surface area contributed by atoms with Crippen LogP contribution in [0.15, 0.2) is 11.2 Å². The minimum atomic E-state index is 0.153. The van der Waals surface area contributed by atoms with E-state index in [1.54, 1.807) is 13.0 Å². The fraction of sp³-hybridized carbons (Fsp3) is 0.167. The summed E-state index contributed by atoms with van der Waals surface area (Å²) in [5.74, 6) is 0. The highest BCUT2D eigenvalue weighted by molar-refractivity contribution is 6.28. The zero-order valence-electron chi connectivity index (χ0n) is 5.82. The molecule has 1 rings (SSSR count). The zero-order valence-corrected chi connectivity index (χ0v) is 6.58. The van der Waals surface area contributed by atoms with Crippen molar-refractivity contribution >= 4 is 17.8 Å². The van der Waals surface area contributed by atoms with Crippen molar-refractivity contribution in [2.45, 2.75) is 6.92 Å². The molecule has 0 aliphatic rings. The summed E-state index contributed by atoms with van der Waals surface area (Å²) in [4.78, 5) is 7.60.